The van der Waals surface area contributed by atoms with Crippen LogP contribution in [0.5, 0.6) is 0 Å². The van der Waals surface area contributed by atoms with E-state index in [9.17, 15) is 43.2 Å². The second-order valence-corrected chi connectivity index (χ2v) is 36.1. The molecular formula is C89H174O17P2. The van der Waals surface area contributed by atoms with Crippen LogP contribution in [0.25, 0.3) is 0 Å². The van der Waals surface area contributed by atoms with E-state index in [1.165, 1.54) is 283 Å². The molecule has 6 atom stereocenters. The predicted octanol–water partition coefficient (Wildman–Crippen LogP) is 27.3. The molecule has 0 rings (SSSR count). The van der Waals surface area contributed by atoms with Crippen LogP contribution in [-0.4, -0.2) is 96.7 Å². The largest absolute Gasteiger partial charge is 0.472 e. The summed E-state index contributed by atoms with van der Waals surface area (Å²) in [6.45, 7) is 12.1. The summed E-state index contributed by atoms with van der Waals surface area (Å²) in [7, 11) is -9.93. The zero-order chi connectivity index (χ0) is 79.3. The quantitative estimate of drug-likeness (QED) is 0.0222. The minimum Gasteiger partial charge on any atom is -0.462 e. The van der Waals surface area contributed by atoms with Gasteiger partial charge in [-0.05, 0) is 43.4 Å². The normalized spacial score (nSPS) is 14.1. The Labute approximate surface area is 664 Å². The van der Waals surface area contributed by atoms with E-state index >= 15 is 0 Å². The Morgan fingerprint density at radius 1 is 0.269 bits per heavy atom. The molecule has 0 saturated heterocycles. The number of aliphatic hydroxyl groups excluding tert-OH is 1. The highest BCUT2D eigenvalue weighted by Gasteiger charge is 2.31. The molecule has 3 unspecified atom stereocenters. The molecule has 108 heavy (non-hydrogen) atoms. The maximum absolute atomic E-state index is 13.2. The summed E-state index contributed by atoms with van der Waals surface area (Å²) >= 11 is 0. The Balaban J connectivity index is 5.25. The van der Waals surface area contributed by atoms with Gasteiger partial charge in [-0.3, -0.25) is 37.3 Å². The standard InChI is InChI=1S/C89H174O17P2/c1-8-10-11-12-13-14-15-16-17-18-22-25-30-35-42-49-56-63-70-86(91)99-76-84(105-88(93)72-65-58-51-43-36-31-26-23-20-19-21-24-29-34-41-48-55-62-69-82(7)9-2)78-103-107(95,96)101-74-83(90)75-102-108(97,98)104-79-85(77-100-87(92)71-64-57-50-45-38-40-47-54-61-68-81(5)6)106-89(94)73-66-59-52-44-37-32-27-28-33-39-46-53-60-67-80(3)4/h80-85,90H,8-79H2,1-7H3,(H,95,96)(H,97,98)/t82?,83-,84-,85-/m1/s1. The van der Waals surface area contributed by atoms with Crippen molar-refractivity contribution in [3.05, 3.63) is 0 Å². The van der Waals surface area contributed by atoms with Crippen LogP contribution >= 0.6 is 15.6 Å². The molecule has 0 fully saturated rings. The zero-order valence-corrected chi connectivity index (χ0v) is 73.1. The van der Waals surface area contributed by atoms with Crippen LogP contribution in [0, 0.1) is 17.8 Å². The van der Waals surface area contributed by atoms with Gasteiger partial charge in [-0.1, -0.05) is 421 Å². The third-order valence-corrected chi connectivity index (χ3v) is 23.1. The molecule has 0 aromatic heterocycles. The highest BCUT2D eigenvalue weighted by Crippen LogP contribution is 2.45. The van der Waals surface area contributed by atoms with Crippen molar-refractivity contribution in [3.63, 3.8) is 0 Å². The molecule has 0 bridgehead atoms. The first-order valence-electron chi connectivity index (χ1n) is 45.9. The lowest BCUT2D eigenvalue weighted by Gasteiger charge is -2.21. The number of aliphatic hydroxyl groups is 1. The molecule has 0 aromatic carbocycles. The Hall–Kier alpha value is -1.94. The van der Waals surface area contributed by atoms with Crippen molar-refractivity contribution in [1.29, 1.82) is 0 Å². The van der Waals surface area contributed by atoms with Crippen molar-refractivity contribution in [3.8, 4) is 0 Å². The van der Waals surface area contributed by atoms with E-state index in [0.29, 0.717) is 25.7 Å². The zero-order valence-electron chi connectivity index (χ0n) is 71.3. The van der Waals surface area contributed by atoms with Gasteiger partial charge in [0.25, 0.3) is 0 Å². The molecule has 0 heterocycles. The number of esters is 4. The second-order valence-electron chi connectivity index (χ2n) is 33.2. The van der Waals surface area contributed by atoms with Gasteiger partial charge in [0.15, 0.2) is 12.2 Å². The summed E-state index contributed by atoms with van der Waals surface area (Å²) in [5, 5.41) is 10.7. The Bertz CT molecular complexity index is 2080. The van der Waals surface area contributed by atoms with Gasteiger partial charge in [-0.2, -0.15) is 0 Å². The molecule has 19 heteroatoms. The van der Waals surface area contributed by atoms with Gasteiger partial charge in [0.1, 0.15) is 19.3 Å². The molecule has 3 N–H and O–H groups in total. The fourth-order valence-corrected chi connectivity index (χ4v) is 15.4. The van der Waals surface area contributed by atoms with Crippen molar-refractivity contribution in [2.24, 2.45) is 17.8 Å². The average Bonchev–Trinajstić information content (AvgIpc) is 0.896. The Morgan fingerprint density at radius 2 is 0.472 bits per heavy atom. The van der Waals surface area contributed by atoms with Crippen molar-refractivity contribution in [2.45, 2.75) is 491 Å². The topological polar surface area (TPSA) is 237 Å². The van der Waals surface area contributed by atoms with E-state index in [1.807, 2.05) is 0 Å². The van der Waals surface area contributed by atoms with Gasteiger partial charge >= 0.3 is 39.5 Å². The van der Waals surface area contributed by atoms with Crippen molar-refractivity contribution in [2.75, 3.05) is 39.6 Å². The number of carbonyl (C=O) groups is 4. The number of phosphoric acid groups is 2. The molecular weight excluding hydrogens is 1400 g/mol. The van der Waals surface area contributed by atoms with Crippen LogP contribution in [0.15, 0.2) is 0 Å². The SMILES string of the molecule is CCCCCCCCCCCCCCCCCCCCC(=O)OC[C@H](COP(=O)(O)OC[C@@H](O)COP(=O)(O)OC[C@@H](COC(=O)CCCCCCCCCCCC(C)C)OC(=O)CCCCCCCCCCCCCCCC(C)C)OC(=O)CCCCCCCCCCCCCCCCCCCCC(C)CC. The van der Waals surface area contributed by atoms with E-state index in [0.717, 1.165) is 108 Å². The minimum absolute atomic E-state index is 0.107. The molecule has 0 amide bonds. The van der Waals surface area contributed by atoms with Gasteiger partial charge < -0.3 is 33.8 Å². The van der Waals surface area contributed by atoms with Crippen LogP contribution in [0.2, 0.25) is 0 Å². The molecule has 0 aromatic rings. The molecule has 0 aliphatic rings. The first-order valence-corrected chi connectivity index (χ1v) is 48.9. The third kappa shape index (κ3) is 80.7. The number of phosphoric ester groups is 2. The molecule has 642 valence electrons. The number of hydrogen-bond acceptors (Lipinski definition) is 15. The van der Waals surface area contributed by atoms with E-state index in [-0.39, 0.29) is 25.7 Å². The van der Waals surface area contributed by atoms with E-state index < -0.39 is 97.5 Å². The van der Waals surface area contributed by atoms with Gasteiger partial charge in [0, 0.05) is 25.7 Å². The number of rotatable bonds is 87. The molecule has 0 radical (unpaired) electrons. The van der Waals surface area contributed by atoms with Gasteiger partial charge in [-0.15, -0.1) is 0 Å². The van der Waals surface area contributed by atoms with Crippen LogP contribution in [0.4, 0.5) is 0 Å². The Kier molecular flexibility index (Phi) is 77.5. The molecule has 0 spiro atoms. The highest BCUT2D eigenvalue weighted by atomic mass is 31.2. The lowest BCUT2D eigenvalue weighted by atomic mass is 9.99. The van der Waals surface area contributed by atoms with Crippen molar-refractivity contribution < 1.29 is 80.2 Å². The monoisotopic (exact) mass is 1580 g/mol. The van der Waals surface area contributed by atoms with E-state index in [1.54, 1.807) is 0 Å². The summed E-state index contributed by atoms with van der Waals surface area (Å²) in [5.74, 6) is 0.301. The highest BCUT2D eigenvalue weighted by molar-refractivity contribution is 7.47. The van der Waals surface area contributed by atoms with Crippen LogP contribution in [0.1, 0.15) is 472 Å². The minimum atomic E-state index is -4.97. The first-order chi connectivity index (χ1) is 52.3. The first kappa shape index (κ1) is 106. The lowest BCUT2D eigenvalue weighted by Crippen LogP contribution is -2.30. The summed E-state index contributed by atoms with van der Waals surface area (Å²) < 4.78 is 69.0. The fourth-order valence-electron chi connectivity index (χ4n) is 13.9. The number of unbranched alkanes of at least 4 members (excludes halogenated alkanes) is 54. The number of ether oxygens (including phenoxy) is 4. The number of hydrogen-bond donors (Lipinski definition) is 3. The number of carbonyl (C=O) groups excluding carboxylic acids is 4. The third-order valence-electron chi connectivity index (χ3n) is 21.2. The smallest absolute Gasteiger partial charge is 0.462 e. The van der Waals surface area contributed by atoms with E-state index in [4.69, 9.17) is 37.0 Å². The predicted molar refractivity (Wildman–Crippen MR) is 446 cm³/mol. The van der Waals surface area contributed by atoms with Crippen molar-refractivity contribution in [1.82, 2.24) is 0 Å². The summed E-state index contributed by atoms with van der Waals surface area (Å²) in [5.41, 5.74) is 0. The van der Waals surface area contributed by atoms with E-state index in [2.05, 4.69) is 48.5 Å². The second kappa shape index (κ2) is 78.9. The molecule has 17 nitrogen and oxygen atoms in total. The molecule has 0 saturated carbocycles. The van der Waals surface area contributed by atoms with Crippen LogP contribution < -0.4 is 0 Å². The average molecular weight is 1580 g/mol. The molecule has 0 aliphatic carbocycles. The maximum Gasteiger partial charge on any atom is 0.472 e. The van der Waals surface area contributed by atoms with Crippen LogP contribution in [-0.2, 0) is 65.4 Å². The summed E-state index contributed by atoms with van der Waals surface area (Å²) in [6.07, 6.45) is 70.8. The lowest BCUT2D eigenvalue weighted by molar-refractivity contribution is -0.161. The molecule has 0 aliphatic heterocycles. The van der Waals surface area contributed by atoms with Gasteiger partial charge in [-0.25, -0.2) is 9.13 Å². The maximum atomic E-state index is 13.2. The summed E-state index contributed by atoms with van der Waals surface area (Å²) in [6, 6.07) is 0. The van der Waals surface area contributed by atoms with Gasteiger partial charge in [0.05, 0.1) is 26.4 Å². The fraction of sp³-hybridized carbons (Fsp3) is 0.955. The summed E-state index contributed by atoms with van der Waals surface area (Å²) in [4.78, 5) is 73.4. The van der Waals surface area contributed by atoms with Crippen molar-refractivity contribution >= 4 is 39.5 Å². The Morgan fingerprint density at radius 3 is 0.704 bits per heavy atom. The van der Waals surface area contributed by atoms with Crippen LogP contribution in [0.3, 0.4) is 0 Å². The van der Waals surface area contributed by atoms with Gasteiger partial charge in [0.2, 0.25) is 0 Å².